The van der Waals surface area contributed by atoms with Gasteiger partial charge in [0, 0.05) is 0 Å². The minimum atomic E-state index is -0.432. The molecule has 146 valence electrons. The van der Waals surface area contributed by atoms with E-state index in [0.29, 0.717) is 27.8 Å². The van der Waals surface area contributed by atoms with Gasteiger partial charge in [-0.3, -0.25) is 9.59 Å². The summed E-state index contributed by atoms with van der Waals surface area (Å²) >= 11 is 5.96. The van der Waals surface area contributed by atoms with Crippen molar-refractivity contribution in [1.82, 2.24) is 5.43 Å². The topological polar surface area (TPSA) is 86.2 Å². The number of methoxy groups -OCH3 is 1. The molecule has 0 atom stereocenters. The Hall–Kier alpha value is -3.06. The number of esters is 1. The van der Waals surface area contributed by atoms with Gasteiger partial charge in [0.1, 0.15) is 5.75 Å². The second-order valence-corrected chi connectivity index (χ2v) is 6.53. The fourth-order valence-electron chi connectivity index (χ4n) is 2.28. The maximum absolute atomic E-state index is 11.8. The molecule has 0 radical (unpaired) electrons. The lowest BCUT2D eigenvalue weighted by Crippen LogP contribution is -2.24. The SMILES string of the molecule is COc1cc(/C=N\NC(=O)COc2ccccc2Cl)ccc1OC(=O)C1CC1. The smallest absolute Gasteiger partial charge is 0.314 e. The number of carbonyl (C=O) groups is 2. The summed E-state index contributed by atoms with van der Waals surface area (Å²) in [6.07, 6.45) is 3.18. The van der Waals surface area contributed by atoms with Gasteiger partial charge in [0.25, 0.3) is 5.91 Å². The molecule has 1 saturated carbocycles. The summed E-state index contributed by atoms with van der Waals surface area (Å²) in [6.45, 7) is -0.222. The van der Waals surface area contributed by atoms with Crippen LogP contribution in [0.15, 0.2) is 47.6 Å². The molecule has 1 aliphatic rings. The van der Waals surface area contributed by atoms with E-state index in [0.717, 1.165) is 12.8 Å². The van der Waals surface area contributed by atoms with Crippen LogP contribution >= 0.6 is 11.6 Å². The quantitative estimate of drug-likeness (QED) is 0.317. The van der Waals surface area contributed by atoms with E-state index in [2.05, 4.69) is 10.5 Å². The second-order valence-electron chi connectivity index (χ2n) is 6.12. The van der Waals surface area contributed by atoms with Crippen LogP contribution in [0.25, 0.3) is 0 Å². The molecule has 2 aromatic rings. The van der Waals surface area contributed by atoms with Gasteiger partial charge in [-0.25, -0.2) is 5.43 Å². The first kappa shape index (κ1) is 19.7. The lowest BCUT2D eigenvalue weighted by molar-refractivity contribution is -0.135. The predicted octanol–water partition coefficient (Wildman–Crippen LogP) is 3.19. The number of nitrogens with one attached hydrogen (secondary N) is 1. The summed E-state index contributed by atoms with van der Waals surface area (Å²) in [7, 11) is 1.48. The van der Waals surface area contributed by atoms with Crippen LogP contribution in [-0.2, 0) is 9.59 Å². The van der Waals surface area contributed by atoms with E-state index in [1.54, 1.807) is 42.5 Å². The Kier molecular flexibility index (Phi) is 6.49. The zero-order valence-electron chi connectivity index (χ0n) is 15.2. The van der Waals surface area contributed by atoms with Crippen molar-refractivity contribution in [3.05, 3.63) is 53.1 Å². The summed E-state index contributed by atoms with van der Waals surface area (Å²) in [5.74, 6) is 0.502. The zero-order chi connectivity index (χ0) is 19.9. The van der Waals surface area contributed by atoms with Gasteiger partial charge in [-0.1, -0.05) is 23.7 Å². The monoisotopic (exact) mass is 402 g/mol. The molecule has 1 amide bonds. The van der Waals surface area contributed by atoms with E-state index in [1.807, 2.05) is 0 Å². The van der Waals surface area contributed by atoms with E-state index in [-0.39, 0.29) is 18.5 Å². The highest BCUT2D eigenvalue weighted by atomic mass is 35.5. The van der Waals surface area contributed by atoms with Gasteiger partial charge < -0.3 is 14.2 Å². The van der Waals surface area contributed by atoms with Crippen molar-refractivity contribution < 1.29 is 23.8 Å². The highest BCUT2D eigenvalue weighted by Crippen LogP contribution is 2.34. The van der Waals surface area contributed by atoms with Crippen LogP contribution < -0.4 is 19.6 Å². The van der Waals surface area contributed by atoms with Crippen molar-refractivity contribution in [2.24, 2.45) is 11.0 Å². The van der Waals surface area contributed by atoms with Crippen molar-refractivity contribution in [2.45, 2.75) is 12.8 Å². The molecule has 0 heterocycles. The fourth-order valence-corrected chi connectivity index (χ4v) is 2.47. The normalized spacial score (nSPS) is 13.2. The van der Waals surface area contributed by atoms with Crippen molar-refractivity contribution >= 4 is 29.7 Å². The summed E-state index contributed by atoms with van der Waals surface area (Å²) in [5.41, 5.74) is 3.03. The molecule has 1 aliphatic carbocycles. The molecule has 1 fully saturated rings. The standard InChI is InChI=1S/C20H19ClN2O5/c1-26-18-10-13(6-9-17(18)28-20(25)14-7-8-14)11-22-23-19(24)12-27-16-5-3-2-4-15(16)21/h2-6,9-11,14H,7-8,12H2,1H3,(H,23,24)/b22-11-. The molecule has 3 rings (SSSR count). The molecule has 0 aliphatic heterocycles. The third-order valence-corrected chi connectivity index (χ3v) is 4.22. The summed E-state index contributed by atoms with van der Waals surface area (Å²) in [4.78, 5) is 23.6. The second kappa shape index (κ2) is 9.23. The lowest BCUT2D eigenvalue weighted by atomic mass is 10.2. The van der Waals surface area contributed by atoms with E-state index in [1.165, 1.54) is 13.3 Å². The minimum absolute atomic E-state index is 0.00542. The van der Waals surface area contributed by atoms with Gasteiger partial charge in [0.2, 0.25) is 0 Å². The van der Waals surface area contributed by atoms with E-state index in [9.17, 15) is 9.59 Å². The average Bonchev–Trinajstić information content (AvgIpc) is 3.54. The number of amides is 1. The van der Waals surface area contributed by atoms with Crippen molar-refractivity contribution in [3.63, 3.8) is 0 Å². The Morgan fingerprint density at radius 3 is 2.68 bits per heavy atom. The Bertz CT molecular complexity index is 896. The summed E-state index contributed by atoms with van der Waals surface area (Å²) in [5, 5.41) is 4.30. The fraction of sp³-hybridized carbons (Fsp3) is 0.250. The van der Waals surface area contributed by atoms with Gasteiger partial charge in [0.05, 0.1) is 24.3 Å². The molecule has 2 aromatic carbocycles. The number of rotatable bonds is 8. The molecule has 28 heavy (non-hydrogen) atoms. The first-order valence-corrected chi connectivity index (χ1v) is 9.03. The van der Waals surface area contributed by atoms with Crippen LogP contribution in [0.2, 0.25) is 5.02 Å². The number of carbonyl (C=O) groups excluding carboxylic acids is 2. The Morgan fingerprint density at radius 2 is 1.96 bits per heavy atom. The van der Waals surface area contributed by atoms with Crippen molar-refractivity contribution in [2.75, 3.05) is 13.7 Å². The molecule has 0 bridgehead atoms. The Labute approximate surface area is 167 Å². The average molecular weight is 403 g/mol. The van der Waals surface area contributed by atoms with Crippen LogP contribution in [0.5, 0.6) is 17.2 Å². The molecule has 1 N–H and O–H groups in total. The van der Waals surface area contributed by atoms with Gasteiger partial charge in [-0.2, -0.15) is 5.10 Å². The Morgan fingerprint density at radius 1 is 1.18 bits per heavy atom. The maximum Gasteiger partial charge on any atom is 0.314 e. The van der Waals surface area contributed by atoms with Crippen LogP contribution in [-0.4, -0.2) is 31.8 Å². The molecule has 0 spiro atoms. The van der Waals surface area contributed by atoms with Crippen LogP contribution in [0.4, 0.5) is 0 Å². The number of hydrogen-bond donors (Lipinski definition) is 1. The highest BCUT2D eigenvalue weighted by molar-refractivity contribution is 6.32. The van der Waals surface area contributed by atoms with Crippen LogP contribution in [0, 0.1) is 5.92 Å². The number of para-hydroxylation sites is 1. The largest absolute Gasteiger partial charge is 0.493 e. The summed E-state index contributed by atoms with van der Waals surface area (Å²) < 4.78 is 15.9. The molecular weight excluding hydrogens is 384 g/mol. The van der Waals surface area contributed by atoms with E-state index in [4.69, 9.17) is 25.8 Å². The van der Waals surface area contributed by atoms with Gasteiger partial charge in [-0.15, -0.1) is 0 Å². The third kappa shape index (κ3) is 5.47. The predicted molar refractivity (Wildman–Crippen MR) is 104 cm³/mol. The van der Waals surface area contributed by atoms with Crippen molar-refractivity contribution in [1.29, 1.82) is 0 Å². The van der Waals surface area contributed by atoms with Crippen LogP contribution in [0.1, 0.15) is 18.4 Å². The number of hydrazone groups is 1. The molecule has 0 aromatic heterocycles. The Balaban J connectivity index is 1.52. The first-order chi connectivity index (χ1) is 13.6. The van der Waals surface area contributed by atoms with E-state index < -0.39 is 5.91 Å². The molecule has 7 nitrogen and oxygen atoms in total. The van der Waals surface area contributed by atoms with Crippen molar-refractivity contribution in [3.8, 4) is 17.2 Å². The zero-order valence-corrected chi connectivity index (χ0v) is 15.9. The van der Waals surface area contributed by atoms with Crippen LogP contribution in [0.3, 0.4) is 0 Å². The minimum Gasteiger partial charge on any atom is -0.493 e. The molecular formula is C20H19ClN2O5. The molecule has 0 unspecified atom stereocenters. The van der Waals surface area contributed by atoms with Gasteiger partial charge in [-0.05, 0) is 48.7 Å². The summed E-state index contributed by atoms with van der Waals surface area (Å²) in [6, 6.07) is 11.9. The lowest BCUT2D eigenvalue weighted by Gasteiger charge is -2.09. The third-order valence-electron chi connectivity index (χ3n) is 3.91. The maximum atomic E-state index is 11.8. The number of halogens is 1. The number of benzene rings is 2. The molecule has 8 heteroatoms. The number of nitrogens with zero attached hydrogens (tertiary/aromatic N) is 1. The molecule has 0 saturated heterocycles. The number of hydrogen-bond acceptors (Lipinski definition) is 6. The number of ether oxygens (including phenoxy) is 3. The van der Waals surface area contributed by atoms with Gasteiger partial charge >= 0.3 is 5.97 Å². The van der Waals surface area contributed by atoms with E-state index >= 15 is 0 Å². The first-order valence-electron chi connectivity index (χ1n) is 8.66. The van der Waals surface area contributed by atoms with Gasteiger partial charge in [0.15, 0.2) is 18.1 Å². The highest BCUT2D eigenvalue weighted by Gasteiger charge is 2.32.